The van der Waals surface area contributed by atoms with E-state index in [2.05, 4.69) is 99.1 Å². The van der Waals surface area contributed by atoms with Gasteiger partial charge in [0.05, 0.1) is 0 Å². The number of nitrogens with zero attached hydrogens (tertiary/aromatic N) is 2. The van der Waals surface area contributed by atoms with E-state index in [-0.39, 0.29) is 0 Å². The monoisotopic (exact) mass is 573 g/mol. The Morgan fingerprint density at radius 3 is 2.14 bits per heavy atom. The summed E-state index contributed by atoms with van der Waals surface area (Å²) in [7, 11) is 8.67. The molecule has 4 heteroatoms. The Bertz CT molecular complexity index is 939. The average Bonchev–Trinajstić information content (AvgIpc) is 3.01. The predicted octanol–water partition coefficient (Wildman–Crippen LogP) is 5.45. The minimum atomic E-state index is -2.33. The van der Waals surface area contributed by atoms with Crippen molar-refractivity contribution in [2.24, 2.45) is 5.92 Å². The summed E-state index contributed by atoms with van der Waals surface area (Å²) >= 11 is -2.33. The number of rotatable bonds is 4. The molecule has 0 amide bonds. The van der Waals surface area contributed by atoms with Crippen molar-refractivity contribution in [3.8, 4) is 0 Å². The van der Waals surface area contributed by atoms with Gasteiger partial charge in [0.15, 0.2) is 0 Å². The van der Waals surface area contributed by atoms with E-state index in [1.165, 1.54) is 11.1 Å². The zero-order valence-electron chi connectivity index (χ0n) is 20.0. The van der Waals surface area contributed by atoms with E-state index in [1.54, 1.807) is 36.4 Å². The van der Waals surface area contributed by atoms with Gasteiger partial charge in [-0.2, -0.15) is 0 Å². The van der Waals surface area contributed by atoms with Crippen LogP contribution in [0.5, 0.6) is 0 Å². The molecule has 0 aliphatic heterocycles. The third kappa shape index (κ3) is 4.10. The number of allylic oxidation sites excluding steroid dienone is 12. The first-order valence-electron chi connectivity index (χ1n) is 10.7. The zero-order chi connectivity index (χ0) is 21.6. The van der Waals surface area contributed by atoms with Crippen LogP contribution in [0, 0.1) is 5.92 Å². The van der Waals surface area contributed by atoms with Crippen LogP contribution in [-0.2, 0) is 22.0 Å². The standard InChI is InChI=1S/C21H25Si.2C2H6N.Hf/c1-13-10-18(11-14(13)2)20-15(3)12-17-8-7-9-19(22(5)6)16(4)21(17)20;2*1-3-2;/h7-10,16H,11H2,1-6H3;2*1-2H3;/q;2*-1;+2. The van der Waals surface area contributed by atoms with Crippen LogP contribution < -0.4 is 0 Å². The molecular weight excluding hydrogens is 535 g/mol. The fourth-order valence-corrected chi connectivity index (χ4v) is 16.0. The van der Waals surface area contributed by atoms with Crippen LogP contribution in [-0.4, -0.2) is 47.5 Å². The molecular formula is C25H37HfN2Si. The van der Waals surface area contributed by atoms with Crippen molar-refractivity contribution >= 4 is 13.6 Å². The third-order valence-corrected chi connectivity index (χ3v) is 18.3. The summed E-state index contributed by atoms with van der Waals surface area (Å²) in [6, 6.07) is 0. The van der Waals surface area contributed by atoms with Gasteiger partial charge in [0.2, 0.25) is 0 Å². The zero-order valence-corrected chi connectivity index (χ0v) is 24.6. The molecule has 0 heterocycles. The molecule has 2 nitrogen and oxygen atoms in total. The van der Waals surface area contributed by atoms with E-state index >= 15 is 0 Å². The van der Waals surface area contributed by atoms with Crippen molar-refractivity contribution < 1.29 is 22.0 Å². The Balaban J connectivity index is 2.28. The summed E-state index contributed by atoms with van der Waals surface area (Å²) in [5.74, 6) is 0.505. The molecule has 1 atom stereocenters. The maximum atomic E-state index is 2.56. The summed E-state index contributed by atoms with van der Waals surface area (Å²) in [5, 5.41) is 1.66. The van der Waals surface area contributed by atoms with Gasteiger partial charge >= 0.3 is 189 Å². The molecule has 29 heavy (non-hydrogen) atoms. The van der Waals surface area contributed by atoms with Crippen molar-refractivity contribution in [1.82, 2.24) is 5.78 Å². The predicted molar refractivity (Wildman–Crippen MR) is 127 cm³/mol. The van der Waals surface area contributed by atoms with Gasteiger partial charge in [-0.3, -0.25) is 0 Å². The minimum absolute atomic E-state index is 0.488. The van der Waals surface area contributed by atoms with Gasteiger partial charge in [-0.25, -0.2) is 0 Å². The number of fused-ring (bicyclic) bond motifs is 1. The Morgan fingerprint density at radius 2 is 1.66 bits per heavy atom. The topological polar surface area (TPSA) is 6.48 Å². The normalized spacial score (nSPS) is 22.1. The van der Waals surface area contributed by atoms with Gasteiger partial charge in [0.25, 0.3) is 0 Å². The molecule has 0 spiro atoms. The maximum absolute atomic E-state index is 2.56. The van der Waals surface area contributed by atoms with Crippen LogP contribution >= 0.6 is 0 Å². The Hall–Kier alpha value is -0.683. The molecule has 0 saturated heterocycles. The molecule has 1 unspecified atom stereocenters. The van der Waals surface area contributed by atoms with Crippen molar-refractivity contribution in [2.45, 2.75) is 47.2 Å². The van der Waals surface area contributed by atoms with Crippen LogP contribution in [0.15, 0.2) is 66.6 Å². The van der Waals surface area contributed by atoms with Crippen molar-refractivity contribution in [3.63, 3.8) is 0 Å². The van der Waals surface area contributed by atoms with E-state index in [9.17, 15) is 0 Å². The molecule has 0 aromatic carbocycles. The van der Waals surface area contributed by atoms with E-state index in [1.807, 2.05) is 0 Å². The van der Waals surface area contributed by atoms with Crippen molar-refractivity contribution in [3.05, 3.63) is 66.6 Å². The second-order valence-corrected chi connectivity index (χ2v) is 22.5. The summed E-state index contributed by atoms with van der Waals surface area (Å²) in [4.78, 5) is 0. The van der Waals surface area contributed by atoms with Gasteiger partial charge in [-0.1, -0.05) is 0 Å². The first-order chi connectivity index (χ1) is 13.6. The van der Waals surface area contributed by atoms with E-state index in [0.29, 0.717) is 5.92 Å². The molecule has 3 rings (SSSR count). The molecule has 0 fully saturated rings. The summed E-state index contributed by atoms with van der Waals surface area (Å²) in [6.45, 7) is 14.3. The van der Waals surface area contributed by atoms with Gasteiger partial charge < -0.3 is 0 Å². The first kappa shape index (κ1) is 23.0. The van der Waals surface area contributed by atoms with Crippen LogP contribution in [0.4, 0.5) is 0 Å². The molecule has 3 aliphatic rings. The quantitative estimate of drug-likeness (QED) is 0.414. The molecule has 155 valence electrons. The Kier molecular flexibility index (Phi) is 6.99. The summed E-state index contributed by atoms with van der Waals surface area (Å²) in [5.41, 5.74) is 10.8. The van der Waals surface area contributed by atoms with E-state index in [4.69, 9.17) is 0 Å². The van der Waals surface area contributed by atoms with Gasteiger partial charge in [0, 0.05) is 0 Å². The number of hydrogen-bond acceptors (Lipinski definition) is 2. The van der Waals surface area contributed by atoms with Crippen molar-refractivity contribution in [1.29, 1.82) is 0 Å². The number of hydrogen-bond donors (Lipinski definition) is 0. The van der Waals surface area contributed by atoms with Crippen molar-refractivity contribution in [2.75, 3.05) is 28.2 Å². The van der Waals surface area contributed by atoms with Crippen LogP contribution in [0.1, 0.15) is 34.1 Å². The van der Waals surface area contributed by atoms with Crippen LogP contribution in [0.2, 0.25) is 13.1 Å². The average molecular weight is 572 g/mol. The first-order valence-corrected chi connectivity index (χ1v) is 18.2. The second kappa shape index (κ2) is 8.82. The van der Waals surface area contributed by atoms with E-state index in [0.717, 1.165) is 6.42 Å². The van der Waals surface area contributed by atoms with Crippen LogP contribution in [0.3, 0.4) is 0 Å². The summed E-state index contributed by atoms with van der Waals surface area (Å²) in [6.07, 6.45) is 10.8. The second-order valence-electron chi connectivity index (χ2n) is 9.33. The molecule has 0 N–H and O–H groups in total. The van der Waals surface area contributed by atoms with E-state index < -0.39 is 30.4 Å². The Labute approximate surface area is 188 Å². The molecule has 3 aliphatic carbocycles. The molecule has 0 aromatic heterocycles. The molecule has 0 radical (unpaired) electrons. The molecule has 0 bridgehead atoms. The van der Waals surface area contributed by atoms with Crippen LogP contribution in [0.25, 0.3) is 0 Å². The fraction of sp³-hybridized carbons (Fsp3) is 0.480. The van der Waals surface area contributed by atoms with Gasteiger partial charge in [-0.05, 0) is 0 Å². The molecule has 0 aromatic rings. The van der Waals surface area contributed by atoms with Gasteiger partial charge in [-0.15, -0.1) is 0 Å². The third-order valence-electron chi connectivity index (χ3n) is 6.51. The fourth-order valence-electron chi connectivity index (χ4n) is 5.14. The van der Waals surface area contributed by atoms with Gasteiger partial charge in [0.1, 0.15) is 0 Å². The molecule has 0 saturated carbocycles. The Morgan fingerprint density at radius 1 is 1.03 bits per heavy atom. The summed E-state index contributed by atoms with van der Waals surface area (Å²) < 4.78 is 6.81. The SMILES string of the molecule is CC1=C(C)CC(C2=C3C(=CC=CC(=[Si](C)C)C3C)[C]([Hf]([N](C)C)[N](C)C)=C2C)=C1.